The fraction of sp³-hybridized carbons (Fsp3) is 0.367. The van der Waals surface area contributed by atoms with Gasteiger partial charge in [-0.15, -0.1) is 0 Å². The quantitative estimate of drug-likeness (QED) is 0.392. The van der Waals surface area contributed by atoms with E-state index >= 15 is 0 Å². The summed E-state index contributed by atoms with van der Waals surface area (Å²) in [6.45, 7) is 5.98. The van der Waals surface area contributed by atoms with Crippen LogP contribution in [0.15, 0.2) is 72.8 Å². The summed E-state index contributed by atoms with van der Waals surface area (Å²) in [4.78, 5) is 17.3. The highest BCUT2D eigenvalue weighted by atomic mass is 19.1. The van der Waals surface area contributed by atoms with Crippen LogP contribution in [0.1, 0.15) is 36.6 Å². The second kappa shape index (κ2) is 11.6. The molecule has 4 rings (SSSR count). The van der Waals surface area contributed by atoms with Crippen molar-refractivity contribution in [3.8, 4) is 11.5 Å². The first-order valence-corrected chi connectivity index (χ1v) is 12.6. The molecule has 1 fully saturated rings. The number of piperazine rings is 1. The van der Waals surface area contributed by atoms with Gasteiger partial charge in [0, 0.05) is 19.6 Å². The Labute approximate surface area is 218 Å². The molecular weight excluding hydrogens is 471 g/mol. The zero-order chi connectivity index (χ0) is 26.4. The molecule has 0 N–H and O–H groups in total. The molecule has 1 aliphatic rings. The van der Waals surface area contributed by atoms with Crippen LogP contribution in [0.3, 0.4) is 0 Å². The van der Waals surface area contributed by atoms with Crippen molar-refractivity contribution in [2.24, 2.45) is 0 Å². The van der Waals surface area contributed by atoms with E-state index in [-0.39, 0.29) is 18.0 Å². The zero-order valence-electron chi connectivity index (χ0n) is 21.9. The van der Waals surface area contributed by atoms with E-state index in [1.807, 2.05) is 60.4 Å². The molecule has 0 spiro atoms. The van der Waals surface area contributed by atoms with Crippen LogP contribution in [-0.4, -0.2) is 61.9 Å². The second-order valence-corrected chi connectivity index (χ2v) is 9.55. The highest BCUT2D eigenvalue weighted by Gasteiger charge is 2.43. The Morgan fingerprint density at radius 3 is 2.27 bits per heavy atom. The average molecular weight is 507 g/mol. The fourth-order valence-corrected chi connectivity index (χ4v) is 5.31. The van der Waals surface area contributed by atoms with Crippen LogP contribution < -0.4 is 9.47 Å². The van der Waals surface area contributed by atoms with Gasteiger partial charge in [-0.05, 0) is 61.2 Å². The number of benzene rings is 3. The molecule has 1 aliphatic heterocycles. The third-order valence-corrected chi connectivity index (χ3v) is 6.99. The number of hydrogen-bond acceptors (Lipinski definition) is 5. The van der Waals surface area contributed by atoms with Crippen molar-refractivity contribution in [3.05, 3.63) is 95.3 Å². The van der Waals surface area contributed by atoms with Crippen molar-refractivity contribution in [2.45, 2.75) is 31.8 Å². The number of methoxy groups -OCH3 is 2. The molecule has 0 saturated carbocycles. The van der Waals surface area contributed by atoms with Gasteiger partial charge < -0.3 is 14.2 Å². The first-order chi connectivity index (χ1) is 17.9. The van der Waals surface area contributed by atoms with E-state index in [4.69, 9.17) is 14.2 Å². The van der Waals surface area contributed by atoms with Crippen molar-refractivity contribution >= 4 is 6.09 Å². The SMILES string of the molecule is CCOC(=O)N1CCN(C(c2ccccc2)c2ccc(F)cc2)CC1(C)Cc1ccc(OC)c(OC)c1. The fourth-order valence-electron chi connectivity index (χ4n) is 5.31. The van der Waals surface area contributed by atoms with Crippen LogP contribution in [0.5, 0.6) is 11.5 Å². The Kier molecular flexibility index (Phi) is 8.34. The third-order valence-electron chi connectivity index (χ3n) is 6.99. The van der Waals surface area contributed by atoms with Gasteiger partial charge in [0.1, 0.15) is 5.82 Å². The number of carbonyl (C=O) groups is 1. The molecule has 0 bridgehead atoms. The van der Waals surface area contributed by atoms with Crippen molar-refractivity contribution in [1.82, 2.24) is 9.80 Å². The Balaban J connectivity index is 1.72. The number of halogens is 1. The molecular formula is C30H35FN2O4. The summed E-state index contributed by atoms with van der Waals surface area (Å²) in [6.07, 6.45) is 0.274. The number of nitrogens with zero attached hydrogens (tertiary/aromatic N) is 2. The summed E-state index contributed by atoms with van der Waals surface area (Å²) in [7, 11) is 3.23. The van der Waals surface area contributed by atoms with Gasteiger partial charge in [0.2, 0.25) is 0 Å². The van der Waals surface area contributed by atoms with Crippen LogP contribution in [0, 0.1) is 5.82 Å². The maximum absolute atomic E-state index is 13.8. The predicted molar refractivity (Wildman–Crippen MR) is 142 cm³/mol. The summed E-state index contributed by atoms with van der Waals surface area (Å²) >= 11 is 0. The Bertz CT molecular complexity index is 1190. The summed E-state index contributed by atoms with van der Waals surface area (Å²) < 4.78 is 30.2. The lowest BCUT2D eigenvalue weighted by atomic mass is 9.86. The van der Waals surface area contributed by atoms with Crippen LogP contribution in [0.25, 0.3) is 0 Å². The van der Waals surface area contributed by atoms with Crippen molar-refractivity contribution < 1.29 is 23.4 Å². The van der Waals surface area contributed by atoms with E-state index in [9.17, 15) is 9.18 Å². The monoisotopic (exact) mass is 506 g/mol. The number of ether oxygens (including phenoxy) is 3. The van der Waals surface area contributed by atoms with E-state index in [0.29, 0.717) is 44.2 Å². The summed E-state index contributed by atoms with van der Waals surface area (Å²) in [5.41, 5.74) is 2.57. The van der Waals surface area contributed by atoms with Gasteiger partial charge in [0.05, 0.1) is 32.4 Å². The van der Waals surface area contributed by atoms with E-state index in [0.717, 1.165) is 16.7 Å². The second-order valence-electron chi connectivity index (χ2n) is 9.55. The average Bonchev–Trinajstić information content (AvgIpc) is 2.90. The van der Waals surface area contributed by atoms with E-state index in [1.165, 1.54) is 12.1 Å². The summed E-state index contributed by atoms with van der Waals surface area (Å²) in [6, 6.07) is 22.7. The molecule has 37 heavy (non-hydrogen) atoms. The Morgan fingerprint density at radius 2 is 1.62 bits per heavy atom. The number of amides is 1. The maximum atomic E-state index is 13.8. The molecule has 196 valence electrons. The minimum Gasteiger partial charge on any atom is -0.493 e. The van der Waals surface area contributed by atoms with Crippen LogP contribution in [0.4, 0.5) is 9.18 Å². The van der Waals surface area contributed by atoms with Crippen molar-refractivity contribution in [1.29, 1.82) is 0 Å². The highest BCUT2D eigenvalue weighted by Crippen LogP contribution is 2.37. The lowest BCUT2D eigenvalue weighted by Crippen LogP contribution is -2.64. The molecule has 0 aromatic heterocycles. The summed E-state index contributed by atoms with van der Waals surface area (Å²) in [5.74, 6) is 1.04. The molecule has 2 unspecified atom stereocenters. The molecule has 3 aromatic carbocycles. The predicted octanol–water partition coefficient (Wildman–Crippen LogP) is 5.71. The third kappa shape index (κ3) is 5.88. The first-order valence-electron chi connectivity index (χ1n) is 12.6. The topological polar surface area (TPSA) is 51.2 Å². The standard InChI is InChI=1S/C30H35FN2O4/c1-5-37-29(34)33-18-17-32(21-30(33,2)20-22-11-16-26(35-3)27(19-22)36-4)28(23-9-7-6-8-10-23)24-12-14-25(31)15-13-24/h6-16,19,28H,5,17-18,20-21H2,1-4H3. The number of hydrogen-bond donors (Lipinski definition) is 0. The molecule has 1 heterocycles. The molecule has 6 nitrogen and oxygen atoms in total. The van der Waals surface area contributed by atoms with Crippen LogP contribution in [0.2, 0.25) is 0 Å². The normalized spacial score (nSPS) is 18.8. The minimum atomic E-state index is -0.572. The van der Waals surface area contributed by atoms with Gasteiger partial charge in [-0.25, -0.2) is 9.18 Å². The van der Waals surface area contributed by atoms with Gasteiger partial charge >= 0.3 is 6.09 Å². The minimum absolute atomic E-state index is 0.0872. The van der Waals surface area contributed by atoms with Gasteiger partial charge in [-0.2, -0.15) is 0 Å². The number of carbonyl (C=O) groups excluding carboxylic acids is 1. The first kappa shape index (κ1) is 26.5. The lowest BCUT2D eigenvalue weighted by Gasteiger charge is -2.50. The molecule has 7 heteroatoms. The molecule has 3 aromatic rings. The van der Waals surface area contributed by atoms with E-state index < -0.39 is 5.54 Å². The van der Waals surface area contributed by atoms with Crippen LogP contribution in [-0.2, 0) is 11.2 Å². The van der Waals surface area contributed by atoms with E-state index in [1.54, 1.807) is 14.2 Å². The molecule has 1 saturated heterocycles. The van der Waals surface area contributed by atoms with E-state index in [2.05, 4.69) is 24.0 Å². The lowest BCUT2D eigenvalue weighted by molar-refractivity contribution is -0.00550. The zero-order valence-corrected chi connectivity index (χ0v) is 21.9. The van der Waals surface area contributed by atoms with Crippen LogP contribution >= 0.6 is 0 Å². The van der Waals surface area contributed by atoms with Crippen molar-refractivity contribution in [2.75, 3.05) is 40.5 Å². The number of rotatable bonds is 8. The Hall–Kier alpha value is -3.58. The molecule has 1 amide bonds. The van der Waals surface area contributed by atoms with Gasteiger partial charge in [-0.3, -0.25) is 9.80 Å². The maximum Gasteiger partial charge on any atom is 0.410 e. The molecule has 0 aliphatic carbocycles. The van der Waals surface area contributed by atoms with Gasteiger partial charge in [0.15, 0.2) is 11.5 Å². The molecule has 0 radical (unpaired) electrons. The van der Waals surface area contributed by atoms with Gasteiger partial charge in [0.25, 0.3) is 0 Å². The van der Waals surface area contributed by atoms with Crippen molar-refractivity contribution in [3.63, 3.8) is 0 Å². The summed E-state index contributed by atoms with van der Waals surface area (Å²) in [5, 5.41) is 0. The Morgan fingerprint density at radius 1 is 0.946 bits per heavy atom. The highest BCUT2D eigenvalue weighted by molar-refractivity contribution is 5.69. The smallest absolute Gasteiger partial charge is 0.410 e. The van der Waals surface area contributed by atoms with Gasteiger partial charge in [-0.1, -0.05) is 48.5 Å². The molecule has 2 atom stereocenters. The largest absolute Gasteiger partial charge is 0.493 e.